The van der Waals surface area contributed by atoms with Crippen LogP contribution in [0, 0.1) is 0 Å². The maximum Gasteiger partial charge on any atom is 0.246 e. The van der Waals surface area contributed by atoms with Crippen LogP contribution in [0.2, 0.25) is 0 Å². The van der Waals surface area contributed by atoms with E-state index < -0.39 is 0 Å². The Bertz CT molecular complexity index is 320. The smallest absolute Gasteiger partial charge is 0.246 e. The minimum absolute atomic E-state index is 0.0187. The molecule has 2 saturated heterocycles. The van der Waals surface area contributed by atoms with Crippen LogP contribution < -0.4 is 10.6 Å². The van der Waals surface area contributed by atoms with Gasteiger partial charge in [0.1, 0.15) is 6.61 Å². The fourth-order valence-electron chi connectivity index (χ4n) is 2.42. The first-order chi connectivity index (χ1) is 8.98. The molecule has 2 N–H and O–H groups in total. The molecule has 2 rings (SSSR count). The molecule has 0 aliphatic carbocycles. The van der Waals surface area contributed by atoms with Crippen LogP contribution in [0.3, 0.4) is 0 Å². The second-order valence-corrected chi connectivity index (χ2v) is 6.04. The van der Waals surface area contributed by atoms with Crippen molar-refractivity contribution in [3.8, 4) is 0 Å². The van der Waals surface area contributed by atoms with Gasteiger partial charge < -0.3 is 20.3 Å². The lowest BCUT2D eigenvalue weighted by atomic mass is 10.0. The number of nitrogens with one attached hydrogen (secondary N) is 2. The number of carbonyl (C=O) groups excluding carboxylic acids is 1. The Balaban J connectivity index is 1.65. The standard InChI is InChI=1S/C13H26N4O2/c1-13(9-14-10-13)19-8-12(18)15-6-11-7-16(2)4-5-17(11)3/h11,14H,4-10H2,1-3H3,(H,15,18). The Labute approximate surface area is 115 Å². The lowest BCUT2D eigenvalue weighted by Gasteiger charge is -2.39. The fourth-order valence-corrected chi connectivity index (χ4v) is 2.42. The van der Waals surface area contributed by atoms with Crippen molar-refractivity contribution < 1.29 is 9.53 Å². The number of hydrogen-bond acceptors (Lipinski definition) is 5. The number of likely N-dealkylation sites (N-methyl/N-ethyl adjacent to an activating group) is 2. The van der Waals surface area contributed by atoms with Gasteiger partial charge in [-0.15, -0.1) is 0 Å². The van der Waals surface area contributed by atoms with Gasteiger partial charge in [-0.1, -0.05) is 0 Å². The van der Waals surface area contributed by atoms with Gasteiger partial charge in [0.05, 0.1) is 5.60 Å². The van der Waals surface area contributed by atoms with Gasteiger partial charge in [-0.2, -0.15) is 0 Å². The van der Waals surface area contributed by atoms with E-state index in [-0.39, 0.29) is 18.1 Å². The van der Waals surface area contributed by atoms with Crippen LogP contribution in [0.4, 0.5) is 0 Å². The zero-order chi connectivity index (χ0) is 13.9. The molecule has 6 heteroatoms. The molecule has 6 nitrogen and oxygen atoms in total. The molecule has 2 fully saturated rings. The summed E-state index contributed by atoms with van der Waals surface area (Å²) in [5.74, 6) is -0.0187. The molecule has 0 spiro atoms. The highest BCUT2D eigenvalue weighted by Gasteiger charge is 2.33. The lowest BCUT2D eigenvalue weighted by molar-refractivity contribution is -0.136. The minimum atomic E-state index is -0.154. The maximum absolute atomic E-state index is 11.8. The first-order valence-electron chi connectivity index (χ1n) is 6.99. The van der Waals surface area contributed by atoms with Crippen molar-refractivity contribution in [1.29, 1.82) is 0 Å². The summed E-state index contributed by atoms with van der Waals surface area (Å²) in [5, 5.41) is 6.12. The Hall–Kier alpha value is -0.690. The molecule has 0 aromatic rings. The van der Waals surface area contributed by atoms with Gasteiger partial charge in [-0.25, -0.2) is 0 Å². The van der Waals surface area contributed by atoms with Crippen LogP contribution >= 0.6 is 0 Å². The summed E-state index contributed by atoms with van der Waals surface area (Å²) in [4.78, 5) is 16.4. The molecular weight excluding hydrogens is 244 g/mol. The van der Waals surface area contributed by atoms with Gasteiger partial charge in [0.2, 0.25) is 5.91 Å². The van der Waals surface area contributed by atoms with Gasteiger partial charge in [-0.05, 0) is 21.0 Å². The van der Waals surface area contributed by atoms with Crippen molar-refractivity contribution in [2.75, 3.05) is 60.0 Å². The lowest BCUT2D eigenvalue weighted by Crippen LogP contribution is -2.60. The molecule has 0 aromatic carbocycles. The van der Waals surface area contributed by atoms with Gasteiger partial charge in [0.15, 0.2) is 0 Å². The van der Waals surface area contributed by atoms with Crippen molar-refractivity contribution >= 4 is 5.91 Å². The average molecular weight is 270 g/mol. The Morgan fingerprint density at radius 1 is 1.42 bits per heavy atom. The zero-order valence-electron chi connectivity index (χ0n) is 12.2. The average Bonchev–Trinajstić information content (AvgIpc) is 2.35. The van der Waals surface area contributed by atoms with E-state index in [1.807, 2.05) is 6.92 Å². The van der Waals surface area contributed by atoms with Crippen LogP contribution in [-0.2, 0) is 9.53 Å². The molecule has 0 saturated carbocycles. The van der Waals surface area contributed by atoms with Crippen molar-refractivity contribution in [1.82, 2.24) is 20.4 Å². The first-order valence-corrected chi connectivity index (χ1v) is 6.99. The highest BCUT2D eigenvalue weighted by atomic mass is 16.5. The van der Waals surface area contributed by atoms with Gasteiger partial charge >= 0.3 is 0 Å². The third-order valence-electron chi connectivity index (χ3n) is 4.06. The summed E-state index contributed by atoms with van der Waals surface area (Å²) in [6, 6.07) is 0.392. The van der Waals surface area contributed by atoms with Crippen LogP contribution in [0.5, 0.6) is 0 Å². The molecule has 1 unspecified atom stereocenters. The van der Waals surface area contributed by atoms with E-state index in [2.05, 4.69) is 34.5 Å². The minimum Gasteiger partial charge on any atom is -0.363 e. The second-order valence-electron chi connectivity index (χ2n) is 6.04. The summed E-state index contributed by atoms with van der Waals surface area (Å²) in [5.41, 5.74) is -0.154. The van der Waals surface area contributed by atoms with Gasteiger partial charge in [-0.3, -0.25) is 9.69 Å². The highest BCUT2D eigenvalue weighted by molar-refractivity contribution is 5.77. The summed E-state index contributed by atoms with van der Waals surface area (Å²) in [7, 11) is 4.23. The maximum atomic E-state index is 11.8. The Morgan fingerprint density at radius 3 is 2.79 bits per heavy atom. The van der Waals surface area contributed by atoms with Crippen molar-refractivity contribution in [3.05, 3.63) is 0 Å². The molecule has 0 aromatic heterocycles. The van der Waals surface area contributed by atoms with E-state index in [0.29, 0.717) is 12.6 Å². The Kier molecular flexibility index (Phi) is 4.78. The van der Waals surface area contributed by atoms with E-state index in [1.54, 1.807) is 0 Å². The third kappa shape index (κ3) is 4.14. The number of amides is 1. The largest absolute Gasteiger partial charge is 0.363 e. The van der Waals surface area contributed by atoms with Crippen molar-refractivity contribution in [3.63, 3.8) is 0 Å². The molecule has 19 heavy (non-hydrogen) atoms. The summed E-state index contributed by atoms with van der Waals surface area (Å²) >= 11 is 0. The van der Waals surface area contributed by atoms with E-state index in [9.17, 15) is 4.79 Å². The molecule has 0 bridgehead atoms. The van der Waals surface area contributed by atoms with Crippen LogP contribution in [0.15, 0.2) is 0 Å². The van der Waals surface area contributed by atoms with E-state index in [4.69, 9.17) is 4.74 Å². The first kappa shape index (κ1) is 14.7. The van der Waals surface area contributed by atoms with E-state index >= 15 is 0 Å². The number of hydrogen-bond donors (Lipinski definition) is 2. The predicted molar refractivity (Wildman–Crippen MR) is 74.2 cm³/mol. The summed E-state index contributed by atoms with van der Waals surface area (Å²) in [6.45, 7) is 7.68. The molecule has 2 aliphatic rings. The molecular formula is C13H26N4O2. The van der Waals surface area contributed by atoms with Crippen LogP contribution in [0.25, 0.3) is 0 Å². The van der Waals surface area contributed by atoms with Crippen molar-refractivity contribution in [2.24, 2.45) is 0 Å². The van der Waals surface area contributed by atoms with Crippen molar-refractivity contribution in [2.45, 2.75) is 18.6 Å². The number of ether oxygens (including phenoxy) is 1. The molecule has 0 radical (unpaired) electrons. The van der Waals surface area contributed by atoms with E-state index in [0.717, 1.165) is 32.7 Å². The molecule has 1 atom stereocenters. The Morgan fingerprint density at radius 2 is 2.16 bits per heavy atom. The van der Waals surface area contributed by atoms with Crippen LogP contribution in [-0.4, -0.2) is 87.3 Å². The van der Waals surface area contributed by atoms with Gasteiger partial charge in [0, 0.05) is 45.3 Å². The summed E-state index contributed by atoms with van der Waals surface area (Å²) < 4.78 is 5.62. The predicted octanol–water partition coefficient (Wildman–Crippen LogP) is -1.27. The third-order valence-corrected chi connectivity index (χ3v) is 4.06. The number of carbonyl (C=O) groups is 1. The molecule has 110 valence electrons. The second kappa shape index (κ2) is 6.17. The molecule has 1 amide bonds. The fraction of sp³-hybridized carbons (Fsp3) is 0.923. The monoisotopic (exact) mass is 270 g/mol. The number of nitrogens with zero attached hydrogens (tertiary/aromatic N) is 2. The normalized spacial score (nSPS) is 27.8. The van der Waals surface area contributed by atoms with Crippen LogP contribution in [0.1, 0.15) is 6.92 Å². The summed E-state index contributed by atoms with van der Waals surface area (Å²) in [6.07, 6.45) is 0. The zero-order valence-corrected chi connectivity index (χ0v) is 12.2. The molecule has 2 aliphatic heterocycles. The number of piperazine rings is 1. The molecule has 2 heterocycles. The van der Waals surface area contributed by atoms with E-state index in [1.165, 1.54) is 0 Å². The highest BCUT2D eigenvalue weighted by Crippen LogP contribution is 2.14. The number of rotatable bonds is 5. The van der Waals surface area contributed by atoms with Gasteiger partial charge in [0.25, 0.3) is 0 Å². The quantitative estimate of drug-likeness (QED) is 0.652. The SMILES string of the molecule is CN1CCN(C)C(CNC(=O)COC2(C)CNC2)C1. The topological polar surface area (TPSA) is 56.8 Å².